The number of rotatable bonds is 2. The monoisotopic (exact) mass is 294 g/mol. The van der Waals surface area contributed by atoms with Crippen LogP contribution in [0.25, 0.3) is 16.7 Å². The Labute approximate surface area is 119 Å². The third-order valence-electron chi connectivity index (χ3n) is 2.91. The quantitative estimate of drug-likeness (QED) is 0.634. The minimum Gasteiger partial charge on any atom is -0.291 e. The molecule has 0 saturated carbocycles. The van der Waals surface area contributed by atoms with Crippen LogP contribution in [0.4, 0.5) is 4.39 Å². The largest absolute Gasteiger partial charge is 0.291 e. The molecule has 3 rings (SSSR count). The topological polar surface area (TPSA) is 17.8 Å². The number of hydrogen-bond acceptors (Lipinski definition) is 1. The Kier molecular flexibility index (Phi) is 3.17. The first kappa shape index (κ1) is 12.5. The second-order valence-corrected chi connectivity index (χ2v) is 4.73. The first-order valence-corrected chi connectivity index (χ1v) is 6.60. The highest BCUT2D eigenvalue weighted by Crippen LogP contribution is 2.29. The zero-order chi connectivity index (χ0) is 13.4. The predicted molar refractivity (Wildman–Crippen MR) is 75.6 cm³/mol. The second-order valence-electron chi connectivity index (χ2n) is 4.06. The SMILES string of the molecule is Fc1cccc(Cl)c1-n1c(CCl)nc2ccccc21. The molecule has 0 fully saturated rings. The number of aromatic nitrogens is 2. The summed E-state index contributed by atoms with van der Waals surface area (Å²) in [4.78, 5) is 4.40. The zero-order valence-electron chi connectivity index (χ0n) is 9.78. The van der Waals surface area contributed by atoms with Crippen molar-refractivity contribution in [1.29, 1.82) is 0 Å². The van der Waals surface area contributed by atoms with Crippen molar-refractivity contribution in [3.8, 4) is 5.69 Å². The summed E-state index contributed by atoms with van der Waals surface area (Å²) in [6.45, 7) is 0. The average molecular weight is 295 g/mol. The molecular formula is C14H9Cl2FN2. The van der Waals surface area contributed by atoms with E-state index in [1.807, 2.05) is 24.3 Å². The number of nitrogens with zero attached hydrogens (tertiary/aromatic N) is 2. The number of alkyl halides is 1. The lowest BCUT2D eigenvalue weighted by Gasteiger charge is -2.10. The summed E-state index contributed by atoms with van der Waals surface area (Å²) in [6, 6.07) is 12.0. The summed E-state index contributed by atoms with van der Waals surface area (Å²) < 4.78 is 15.7. The van der Waals surface area contributed by atoms with Crippen LogP contribution in [0.1, 0.15) is 5.82 Å². The summed E-state index contributed by atoms with van der Waals surface area (Å²) in [6.07, 6.45) is 0. The summed E-state index contributed by atoms with van der Waals surface area (Å²) >= 11 is 12.0. The molecule has 3 aromatic rings. The van der Waals surface area contributed by atoms with Crippen LogP contribution >= 0.6 is 23.2 Å². The molecule has 1 heterocycles. The van der Waals surface area contributed by atoms with Gasteiger partial charge in [-0.2, -0.15) is 0 Å². The fraction of sp³-hybridized carbons (Fsp3) is 0.0714. The molecule has 0 spiro atoms. The maximum atomic E-state index is 14.1. The summed E-state index contributed by atoms with van der Waals surface area (Å²) in [7, 11) is 0. The van der Waals surface area contributed by atoms with E-state index in [4.69, 9.17) is 23.2 Å². The highest BCUT2D eigenvalue weighted by molar-refractivity contribution is 6.32. The Morgan fingerprint density at radius 2 is 1.89 bits per heavy atom. The average Bonchev–Trinajstić information content (AvgIpc) is 2.77. The maximum absolute atomic E-state index is 14.1. The first-order chi connectivity index (χ1) is 9.22. The number of halogens is 3. The molecule has 0 radical (unpaired) electrons. The highest BCUT2D eigenvalue weighted by atomic mass is 35.5. The molecule has 96 valence electrons. The van der Waals surface area contributed by atoms with Crippen molar-refractivity contribution in [2.75, 3.05) is 0 Å². The highest BCUT2D eigenvalue weighted by Gasteiger charge is 2.16. The minimum atomic E-state index is -0.401. The van der Waals surface area contributed by atoms with Gasteiger partial charge in [-0.1, -0.05) is 29.8 Å². The Hall–Kier alpha value is -1.58. The molecule has 1 aromatic heterocycles. The van der Waals surface area contributed by atoms with Crippen LogP contribution in [0, 0.1) is 5.82 Å². The van der Waals surface area contributed by atoms with Gasteiger partial charge in [0, 0.05) is 0 Å². The van der Waals surface area contributed by atoms with E-state index in [0.717, 1.165) is 11.0 Å². The van der Waals surface area contributed by atoms with Crippen LogP contribution in [0.5, 0.6) is 0 Å². The van der Waals surface area contributed by atoms with Crippen LogP contribution in [-0.4, -0.2) is 9.55 Å². The van der Waals surface area contributed by atoms with Gasteiger partial charge in [-0.3, -0.25) is 4.57 Å². The van der Waals surface area contributed by atoms with Gasteiger partial charge in [0.1, 0.15) is 17.3 Å². The molecule has 0 amide bonds. The molecule has 19 heavy (non-hydrogen) atoms. The van der Waals surface area contributed by atoms with E-state index in [1.165, 1.54) is 6.07 Å². The number of imidazole rings is 1. The fourth-order valence-electron chi connectivity index (χ4n) is 2.12. The van der Waals surface area contributed by atoms with Crippen LogP contribution < -0.4 is 0 Å². The molecule has 0 aliphatic rings. The lowest BCUT2D eigenvalue weighted by atomic mass is 10.2. The van der Waals surface area contributed by atoms with Gasteiger partial charge >= 0.3 is 0 Å². The van der Waals surface area contributed by atoms with E-state index in [9.17, 15) is 4.39 Å². The van der Waals surface area contributed by atoms with Gasteiger partial charge in [0.25, 0.3) is 0 Å². The number of hydrogen-bond donors (Lipinski definition) is 0. The number of benzene rings is 2. The standard InChI is InChI=1S/C14H9Cl2FN2/c15-8-13-18-11-6-1-2-7-12(11)19(13)14-9(16)4-3-5-10(14)17/h1-7H,8H2. The summed E-state index contributed by atoms with van der Waals surface area (Å²) in [5, 5.41) is 0.328. The Bertz CT molecular complexity index is 732. The van der Waals surface area contributed by atoms with Crippen LogP contribution in [-0.2, 0) is 5.88 Å². The van der Waals surface area contributed by atoms with Crippen molar-refractivity contribution in [2.45, 2.75) is 5.88 Å². The summed E-state index contributed by atoms with van der Waals surface area (Å²) in [5.74, 6) is 0.344. The zero-order valence-corrected chi connectivity index (χ0v) is 11.3. The van der Waals surface area contributed by atoms with Crippen molar-refractivity contribution in [3.05, 3.63) is 59.1 Å². The number of para-hydroxylation sites is 3. The van der Waals surface area contributed by atoms with E-state index in [1.54, 1.807) is 16.7 Å². The van der Waals surface area contributed by atoms with Gasteiger partial charge in [0.2, 0.25) is 0 Å². The molecule has 0 saturated heterocycles. The lowest BCUT2D eigenvalue weighted by Crippen LogP contribution is -2.02. The van der Waals surface area contributed by atoms with Crippen LogP contribution in [0.15, 0.2) is 42.5 Å². The molecule has 0 atom stereocenters. The van der Waals surface area contributed by atoms with E-state index < -0.39 is 5.82 Å². The van der Waals surface area contributed by atoms with E-state index in [0.29, 0.717) is 10.8 Å². The smallest absolute Gasteiger partial charge is 0.148 e. The van der Waals surface area contributed by atoms with Crippen molar-refractivity contribution in [2.24, 2.45) is 0 Å². The first-order valence-electron chi connectivity index (χ1n) is 5.69. The predicted octanol–water partition coefficient (Wildman–Crippen LogP) is 4.56. The van der Waals surface area contributed by atoms with E-state index in [2.05, 4.69) is 4.98 Å². The third kappa shape index (κ3) is 1.99. The Morgan fingerprint density at radius 3 is 2.63 bits per heavy atom. The van der Waals surface area contributed by atoms with Gasteiger partial charge in [0.05, 0.1) is 21.9 Å². The molecular weight excluding hydrogens is 286 g/mol. The molecule has 2 aromatic carbocycles. The molecule has 0 aliphatic carbocycles. The van der Waals surface area contributed by atoms with E-state index in [-0.39, 0.29) is 11.6 Å². The van der Waals surface area contributed by atoms with Gasteiger partial charge in [0.15, 0.2) is 0 Å². The molecule has 5 heteroatoms. The fourth-order valence-corrected chi connectivity index (χ4v) is 2.54. The van der Waals surface area contributed by atoms with Crippen LogP contribution in [0.3, 0.4) is 0 Å². The van der Waals surface area contributed by atoms with Gasteiger partial charge in [-0.25, -0.2) is 9.37 Å². The van der Waals surface area contributed by atoms with Gasteiger partial charge in [-0.05, 0) is 24.3 Å². The second kappa shape index (κ2) is 4.83. The maximum Gasteiger partial charge on any atom is 0.148 e. The van der Waals surface area contributed by atoms with Crippen molar-refractivity contribution in [1.82, 2.24) is 9.55 Å². The van der Waals surface area contributed by atoms with Crippen LogP contribution in [0.2, 0.25) is 5.02 Å². The lowest BCUT2D eigenvalue weighted by molar-refractivity contribution is 0.618. The summed E-state index contributed by atoms with van der Waals surface area (Å²) in [5.41, 5.74) is 1.83. The molecule has 0 unspecified atom stereocenters. The molecule has 0 aliphatic heterocycles. The number of fused-ring (bicyclic) bond motifs is 1. The molecule has 0 N–H and O–H groups in total. The van der Waals surface area contributed by atoms with Crippen molar-refractivity contribution >= 4 is 34.2 Å². The Balaban J connectivity index is 2.41. The normalized spacial score (nSPS) is 11.1. The third-order valence-corrected chi connectivity index (χ3v) is 3.45. The van der Waals surface area contributed by atoms with Gasteiger partial charge < -0.3 is 0 Å². The molecule has 2 nitrogen and oxygen atoms in total. The minimum absolute atomic E-state index is 0.180. The molecule has 0 bridgehead atoms. The van der Waals surface area contributed by atoms with Crippen molar-refractivity contribution in [3.63, 3.8) is 0 Å². The van der Waals surface area contributed by atoms with Crippen molar-refractivity contribution < 1.29 is 4.39 Å². The van der Waals surface area contributed by atoms with Gasteiger partial charge in [-0.15, -0.1) is 11.6 Å². The Morgan fingerprint density at radius 1 is 1.11 bits per heavy atom. The van der Waals surface area contributed by atoms with E-state index >= 15 is 0 Å².